The Hall–Kier alpha value is -0.830. The van der Waals surface area contributed by atoms with Crippen molar-refractivity contribution in [1.82, 2.24) is 10.6 Å². The summed E-state index contributed by atoms with van der Waals surface area (Å²) in [4.78, 5) is 11.6. The molecule has 0 saturated carbocycles. The van der Waals surface area contributed by atoms with Crippen LogP contribution in [0.25, 0.3) is 0 Å². The first-order valence-electron chi connectivity index (χ1n) is 6.21. The van der Waals surface area contributed by atoms with Crippen molar-refractivity contribution in [2.75, 3.05) is 19.6 Å². The summed E-state index contributed by atoms with van der Waals surface area (Å²) in [6, 6.07) is 0. The molecule has 1 rings (SSSR count). The van der Waals surface area contributed by atoms with Gasteiger partial charge in [0.15, 0.2) is 0 Å². The van der Waals surface area contributed by atoms with Gasteiger partial charge < -0.3 is 10.6 Å². The molecule has 0 aliphatic carbocycles. The van der Waals surface area contributed by atoms with Gasteiger partial charge in [0.25, 0.3) is 0 Å². The summed E-state index contributed by atoms with van der Waals surface area (Å²) < 4.78 is 0. The van der Waals surface area contributed by atoms with E-state index in [9.17, 15) is 4.79 Å². The van der Waals surface area contributed by atoms with Crippen LogP contribution in [0.2, 0.25) is 0 Å². The highest BCUT2D eigenvalue weighted by Gasteiger charge is 2.21. The van der Waals surface area contributed by atoms with Gasteiger partial charge in [-0.05, 0) is 44.7 Å². The van der Waals surface area contributed by atoms with Gasteiger partial charge in [-0.1, -0.05) is 19.1 Å². The monoisotopic (exact) mass is 224 g/mol. The van der Waals surface area contributed by atoms with Gasteiger partial charge in [0.1, 0.15) is 0 Å². The maximum Gasteiger partial charge on any atom is 0.220 e. The van der Waals surface area contributed by atoms with Gasteiger partial charge in [-0.25, -0.2) is 0 Å². The first kappa shape index (κ1) is 13.2. The number of carbonyl (C=O) groups is 1. The lowest BCUT2D eigenvalue weighted by Gasteiger charge is -2.28. The van der Waals surface area contributed by atoms with E-state index in [-0.39, 0.29) is 5.91 Å². The maximum atomic E-state index is 11.6. The summed E-state index contributed by atoms with van der Waals surface area (Å²) in [6.07, 6.45) is 3.13. The van der Waals surface area contributed by atoms with Crippen LogP contribution in [0.4, 0.5) is 0 Å². The number of amides is 1. The van der Waals surface area contributed by atoms with Crippen LogP contribution in [0.5, 0.6) is 0 Å². The average Bonchev–Trinajstić information content (AvgIpc) is 2.27. The summed E-state index contributed by atoms with van der Waals surface area (Å²) >= 11 is 0. The van der Waals surface area contributed by atoms with E-state index in [4.69, 9.17) is 0 Å². The van der Waals surface area contributed by atoms with Crippen LogP contribution in [-0.4, -0.2) is 25.5 Å². The molecule has 1 amide bonds. The molecule has 3 nitrogen and oxygen atoms in total. The number of carbonyl (C=O) groups excluding carboxylic acids is 1. The van der Waals surface area contributed by atoms with E-state index in [1.807, 2.05) is 6.92 Å². The lowest BCUT2D eigenvalue weighted by Crippen LogP contribution is -2.35. The zero-order valence-electron chi connectivity index (χ0n) is 10.5. The third kappa shape index (κ3) is 4.79. The Morgan fingerprint density at radius 2 is 2.38 bits per heavy atom. The lowest BCUT2D eigenvalue weighted by atomic mass is 9.85. The van der Waals surface area contributed by atoms with Crippen molar-refractivity contribution in [3.05, 3.63) is 12.2 Å². The lowest BCUT2D eigenvalue weighted by molar-refractivity contribution is -0.122. The number of rotatable bonds is 5. The Bertz CT molecular complexity index is 244. The van der Waals surface area contributed by atoms with Crippen molar-refractivity contribution in [2.24, 2.45) is 11.8 Å². The van der Waals surface area contributed by atoms with Gasteiger partial charge in [0, 0.05) is 13.0 Å². The molecular formula is C13H24N2O. The standard InChI is InChI=1S/C13H24N2O/c1-10(2)8-15-13(16)7-11(3)12-5-4-6-14-9-12/h11-12,14H,1,4-9H2,2-3H3,(H,15,16). The smallest absolute Gasteiger partial charge is 0.220 e. The maximum absolute atomic E-state index is 11.6. The molecule has 1 heterocycles. The summed E-state index contributed by atoms with van der Waals surface area (Å²) in [7, 11) is 0. The molecule has 2 N–H and O–H groups in total. The van der Waals surface area contributed by atoms with Crippen LogP contribution in [-0.2, 0) is 4.79 Å². The van der Waals surface area contributed by atoms with Gasteiger partial charge in [-0.15, -0.1) is 0 Å². The van der Waals surface area contributed by atoms with Gasteiger partial charge in [-0.3, -0.25) is 4.79 Å². The predicted molar refractivity (Wildman–Crippen MR) is 67.2 cm³/mol. The van der Waals surface area contributed by atoms with Crippen LogP contribution in [0.1, 0.15) is 33.1 Å². The highest BCUT2D eigenvalue weighted by molar-refractivity contribution is 5.76. The van der Waals surface area contributed by atoms with Crippen LogP contribution < -0.4 is 10.6 Å². The molecule has 0 aromatic carbocycles. The number of nitrogens with one attached hydrogen (secondary N) is 2. The van der Waals surface area contributed by atoms with Gasteiger partial charge in [0.05, 0.1) is 0 Å². The molecule has 0 aromatic rings. The van der Waals surface area contributed by atoms with Crippen LogP contribution in [0.15, 0.2) is 12.2 Å². The highest BCUT2D eigenvalue weighted by atomic mass is 16.1. The molecule has 1 saturated heterocycles. The Kier molecular flexibility index (Phi) is 5.53. The minimum absolute atomic E-state index is 0.154. The first-order valence-corrected chi connectivity index (χ1v) is 6.21. The van der Waals surface area contributed by atoms with Crippen LogP contribution in [0.3, 0.4) is 0 Å². The van der Waals surface area contributed by atoms with Crippen molar-refractivity contribution < 1.29 is 4.79 Å². The topological polar surface area (TPSA) is 41.1 Å². The van der Waals surface area contributed by atoms with Crippen molar-refractivity contribution in [3.63, 3.8) is 0 Å². The van der Waals surface area contributed by atoms with E-state index in [0.29, 0.717) is 24.8 Å². The zero-order chi connectivity index (χ0) is 12.0. The highest BCUT2D eigenvalue weighted by Crippen LogP contribution is 2.22. The molecule has 0 radical (unpaired) electrons. The fraction of sp³-hybridized carbons (Fsp3) is 0.769. The minimum Gasteiger partial charge on any atom is -0.352 e. The first-order chi connectivity index (χ1) is 7.59. The fourth-order valence-corrected chi connectivity index (χ4v) is 2.15. The van der Waals surface area contributed by atoms with E-state index >= 15 is 0 Å². The minimum atomic E-state index is 0.154. The van der Waals surface area contributed by atoms with E-state index in [0.717, 1.165) is 18.7 Å². The zero-order valence-corrected chi connectivity index (χ0v) is 10.5. The SMILES string of the molecule is C=C(C)CNC(=O)CC(C)C1CCCNC1. The quantitative estimate of drug-likeness (QED) is 0.698. The molecule has 0 bridgehead atoms. The second-order valence-corrected chi connectivity index (χ2v) is 5.02. The fourth-order valence-electron chi connectivity index (χ4n) is 2.15. The normalized spacial score (nSPS) is 22.5. The van der Waals surface area contributed by atoms with Crippen LogP contribution >= 0.6 is 0 Å². The molecule has 2 unspecified atom stereocenters. The molecule has 1 aliphatic rings. The summed E-state index contributed by atoms with van der Waals surface area (Å²) in [5.74, 6) is 1.28. The average molecular weight is 224 g/mol. The Morgan fingerprint density at radius 1 is 1.62 bits per heavy atom. The van der Waals surface area contributed by atoms with E-state index in [2.05, 4.69) is 24.1 Å². The predicted octanol–water partition coefficient (Wildman–Crippen LogP) is 1.70. The molecule has 0 spiro atoms. The Labute approximate surface area is 98.7 Å². The second-order valence-electron chi connectivity index (χ2n) is 5.02. The largest absolute Gasteiger partial charge is 0.352 e. The molecule has 2 atom stereocenters. The van der Waals surface area contributed by atoms with Crippen molar-refractivity contribution in [2.45, 2.75) is 33.1 Å². The summed E-state index contributed by atoms with van der Waals surface area (Å²) in [5, 5.41) is 6.29. The van der Waals surface area contributed by atoms with E-state index in [1.54, 1.807) is 0 Å². The van der Waals surface area contributed by atoms with Crippen molar-refractivity contribution in [3.8, 4) is 0 Å². The number of hydrogen-bond acceptors (Lipinski definition) is 2. The molecule has 0 aromatic heterocycles. The number of hydrogen-bond donors (Lipinski definition) is 2. The van der Waals surface area contributed by atoms with E-state index in [1.165, 1.54) is 12.8 Å². The van der Waals surface area contributed by atoms with Gasteiger partial charge in [-0.2, -0.15) is 0 Å². The molecule has 3 heteroatoms. The van der Waals surface area contributed by atoms with Crippen molar-refractivity contribution in [1.29, 1.82) is 0 Å². The molecule has 92 valence electrons. The summed E-state index contributed by atoms with van der Waals surface area (Å²) in [6.45, 7) is 10.7. The van der Waals surface area contributed by atoms with Crippen molar-refractivity contribution >= 4 is 5.91 Å². The molecule has 1 aliphatic heterocycles. The molecular weight excluding hydrogens is 200 g/mol. The third-order valence-electron chi connectivity index (χ3n) is 3.23. The molecule has 1 fully saturated rings. The molecule has 16 heavy (non-hydrogen) atoms. The van der Waals surface area contributed by atoms with E-state index < -0.39 is 0 Å². The Morgan fingerprint density at radius 3 is 2.94 bits per heavy atom. The van der Waals surface area contributed by atoms with Gasteiger partial charge in [0.2, 0.25) is 5.91 Å². The van der Waals surface area contributed by atoms with Crippen LogP contribution in [0, 0.1) is 11.8 Å². The second kappa shape index (κ2) is 6.69. The number of piperidine rings is 1. The van der Waals surface area contributed by atoms with Gasteiger partial charge >= 0.3 is 0 Å². The third-order valence-corrected chi connectivity index (χ3v) is 3.23. The Balaban J connectivity index is 2.23. The summed E-state index contributed by atoms with van der Waals surface area (Å²) in [5.41, 5.74) is 1.00.